The predicted molar refractivity (Wildman–Crippen MR) is 117 cm³/mol. The van der Waals surface area contributed by atoms with Crippen molar-refractivity contribution in [2.45, 2.75) is 46.1 Å². The van der Waals surface area contributed by atoms with Gasteiger partial charge in [-0.25, -0.2) is 4.39 Å². The van der Waals surface area contributed by atoms with Crippen molar-refractivity contribution in [2.75, 3.05) is 10.2 Å². The fraction of sp³-hybridized carbons (Fsp3) is 0.333. The van der Waals surface area contributed by atoms with Gasteiger partial charge in [0.2, 0.25) is 5.91 Å². The van der Waals surface area contributed by atoms with E-state index in [4.69, 9.17) is 11.6 Å². The van der Waals surface area contributed by atoms with Crippen LogP contribution in [0.4, 0.5) is 15.8 Å². The second-order valence-corrected chi connectivity index (χ2v) is 9.04. The van der Waals surface area contributed by atoms with Crippen LogP contribution < -0.4 is 10.2 Å². The highest BCUT2D eigenvalue weighted by molar-refractivity contribution is 6.31. The van der Waals surface area contributed by atoms with Crippen LogP contribution in [-0.4, -0.2) is 11.7 Å². The first kappa shape index (κ1) is 20.6. The number of carbonyl (C=O) groups excluding carboxylic acids is 2. The number of Topliss-reactive ketones (excluding diaryl/α,β-unsaturated/α-hetero) is 1. The molecule has 1 amide bonds. The number of hydrogen-bond acceptors (Lipinski definition) is 3. The van der Waals surface area contributed by atoms with Crippen LogP contribution in [0.5, 0.6) is 0 Å². The Morgan fingerprint density at radius 2 is 1.93 bits per heavy atom. The third kappa shape index (κ3) is 3.41. The molecule has 6 heteroatoms. The number of halogens is 2. The molecule has 2 aromatic carbocycles. The van der Waals surface area contributed by atoms with Gasteiger partial charge in [0.15, 0.2) is 5.78 Å². The zero-order chi connectivity index (χ0) is 21.6. The Morgan fingerprint density at radius 3 is 2.63 bits per heavy atom. The van der Waals surface area contributed by atoms with Crippen LogP contribution >= 0.6 is 11.6 Å². The predicted octanol–water partition coefficient (Wildman–Crippen LogP) is 6.03. The number of ketones is 1. The highest BCUT2D eigenvalue weighted by Crippen LogP contribution is 2.49. The van der Waals surface area contributed by atoms with Crippen molar-refractivity contribution in [2.24, 2.45) is 5.41 Å². The Labute approximate surface area is 180 Å². The standard InChI is InChI=1S/C24H24ClFN2O2/c1-4-20(30)28-18-11-6-5-10-16(18)27-17-12-24(2,3)13-19(29)22(17)23(28)21-14(25)8-7-9-15(21)26/h5-11,23,27H,4,12-13H2,1-3H3/t23-/m0/s1. The molecule has 1 aliphatic carbocycles. The molecule has 2 aromatic rings. The number of hydrogen-bond donors (Lipinski definition) is 1. The van der Waals surface area contributed by atoms with Gasteiger partial charge in [-0.05, 0) is 36.1 Å². The lowest BCUT2D eigenvalue weighted by Crippen LogP contribution is -2.39. The van der Waals surface area contributed by atoms with E-state index in [-0.39, 0.29) is 34.1 Å². The van der Waals surface area contributed by atoms with Gasteiger partial charge in [0.25, 0.3) is 0 Å². The monoisotopic (exact) mass is 426 g/mol. The van der Waals surface area contributed by atoms with Gasteiger partial charge >= 0.3 is 0 Å². The molecule has 0 aromatic heterocycles. The molecule has 0 saturated carbocycles. The molecule has 156 valence electrons. The number of benzene rings is 2. The maximum atomic E-state index is 15.1. The first-order chi connectivity index (χ1) is 14.2. The third-order valence-electron chi connectivity index (χ3n) is 5.75. The minimum absolute atomic E-state index is 0.0974. The van der Waals surface area contributed by atoms with Crippen molar-refractivity contribution >= 4 is 34.7 Å². The molecule has 1 atom stereocenters. The highest BCUT2D eigenvalue weighted by atomic mass is 35.5. The summed E-state index contributed by atoms with van der Waals surface area (Å²) in [5.74, 6) is -0.843. The molecule has 0 spiro atoms. The maximum absolute atomic E-state index is 15.1. The van der Waals surface area contributed by atoms with E-state index in [0.717, 1.165) is 5.70 Å². The second kappa shape index (κ2) is 7.55. The zero-order valence-electron chi connectivity index (χ0n) is 17.3. The zero-order valence-corrected chi connectivity index (χ0v) is 18.0. The van der Waals surface area contributed by atoms with E-state index in [1.807, 2.05) is 38.1 Å². The quantitative estimate of drug-likeness (QED) is 0.637. The molecular weight excluding hydrogens is 403 g/mol. The first-order valence-electron chi connectivity index (χ1n) is 10.1. The molecule has 4 rings (SSSR count). The van der Waals surface area contributed by atoms with E-state index in [9.17, 15) is 9.59 Å². The van der Waals surface area contributed by atoms with Crippen LogP contribution in [-0.2, 0) is 9.59 Å². The van der Waals surface area contributed by atoms with Gasteiger partial charge in [-0.15, -0.1) is 0 Å². The lowest BCUT2D eigenvalue weighted by atomic mass is 9.73. The average Bonchev–Trinajstić information content (AvgIpc) is 2.80. The van der Waals surface area contributed by atoms with Gasteiger partial charge in [-0.2, -0.15) is 0 Å². The van der Waals surface area contributed by atoms with Crippen molar-refractivity contribution in [3.63, 3.8) is 0 Å². The lowest BCUT2D eigenvalue weighted by molar-refractivity contribution is -0.119. The Kier molecular flexibility index (Phi) is 5.18. The number of allylic oxidation sites excluding steroid dienone is 1. The summed E-state index contributed by atoms with van der Waals surface area (Å²) >= 11 is 6.46. The number of nitrogens with zero attached hydrogens (tertiary/aromatic N) is 1. The fourth-order valence-corrected chi connectivity index (χ4v) is 4.74. The molecule has 0 radical (unpaired) electrons. The summed E-state index contributed by atoms with van der Waals surface area (Å²) in [6, 6.07) is 10.9. The van der Waals surface area contributed by atoms with Gasteiger partial charge in [-0.1, -0.05) is 50.6 Å². The number of nitrogens with one attached hydrogen (secondary N) is 1. The number of amides is 1. The summed E-state index contributed by atoms with van der Waals surface area (Å²) in [6.07, 6.45) is 1.14. The van der Waals surface area contributed by atoms with E-state index in [0.29, 0.717) is 29.8 Å². The smallest absolute Gasteiger partial charge is 0.227 e. The Bertz CT molecular complexity index is 1060. The number of para-hydroxylation sites is 2. The van der Waals surface area contributed by atoms with Crippen LogP contribution in [0.1, 0.15) is 51.6 Å². The molecule has 30 heavy (non-hydrogen) atoms. The fourth-order valence-electron chi connectivity index (χ4n) is 4.48. The van der Waals surface area contributed by atoms with Gasteiger partial charge in [0, 0.05) is 34.7 Å². The summed E-state index contributed by atoms with van der Waals surface area (Å²) in [6.45, 7) is 5.82. The number of carbonyl (C=O) groups is 2. The molecule has 0 unspecified atom stereocenters. The minimum atomic E-state index is -0.930. The molecule has 1 aliphatic heterocycles. The van der Waals surface area contributed by atoms with E-state index >= 15 is 4.39 Å². The Hall–Kier alpha value is -2.66. The van der Waals surface area contributed by atoms with Crippen LogP contribution in [0.2, 0.25) is 5.02 Å². The topological polar surface area (TPSA) is 49.4 Å². The van der Waals surface area contributed by atoms with E-state index < -0.39 is 11.9 Å². The van der Waals surface area contributed by atoms with Gasteiger partial charge in [0.05, 0.1) is 17.4 Å². The van der Waals surface area contributed by atoms with Crippen molar-refractivity contribution in [3.8, 4) is 0 Å². The number of fused-ring (bicyclic) bond motifs is 1. The molecule has 2 aliphatic rings. The van der Waals surface area contributed by atoms with E-state index in [2.05, 4.69) is 5.32 Å². The van der Waals surface area contributed by atoms with Gasteiger partial charge in [-0.3, -0.25) is 14.5 Å². The summed E-state index contributed by atoms with van der Waals surface area (Å²) in [5.41, 5.74) is 2.37. The maximum Gasteiger partial charge on any atom is 0.227 e. The van der Waals surface area contributed by atoms with Crippen LogP contribution in [0.3, 0.4) is 0 Å². The largest absolute Gasteiger partial charge is 0.357 e. The minimum Gasteiger partial charge on any atom is -0.357 e. The molecule has 0 saturated heterocycles. The Balaban J connectivity index is 2.07. The highest BCUT2D eigenvalue weighted by Gasteiger charge is 2.44. The third-order valence-corrected chi connectivity index (χ3v) is 6.07. The summed E-state index contributed by atoms with van der Waals surface area (Å²) in [4.78, 5) is 28.1. The van der Waals surface area contributed by atoms with Crippen molar-refractivity contribution in [1.29, 1.82) is 0 Å². The number of anilines is 2. The van der Waals surface area contributed by atoms with E-state index in [1.165, 1.54) is 17.0 Å². The number of rotatable bonds is 2. The average molecular weight is 427 g/mol. The molecular formula is C24H24ClFN2O2. The van der Waals surface area contributed by atoms with Gasteiger partial charge < -0.3 is 5.32 Å². The molecule has 4 nitrogen and oxygen atoms in total. The van der Waals surface area contributed by atoms with Crippen LogP contribution in [0, 0.1) is 11.2 Å². The summed E-state index contributed by atoms with van der Waals surface area (Å²) < 4.78 is 15.1. The summed E-state index contributed by atoms with van der Waals surface area (Å²) in [5, 5.41) is 3.59. The van der Waals surface area contributed by atoms with E-state index in [1.54, 1.807) is 13.0 Å². The second-order valence-electron chi connectivity index (χ2n) is 8.63. The normalized spacial score (nSPS) is 20.2. The molecule has 1 heterocycles. The first-order valence-corrected chi connectivity index (χ1v) is 10.5. The summed E-state index contributed by atoms with van der Waals surface area (Å²) in [7, 11) is 0. The lowest BCUT2D eigenvalue weighted by Gasteiger charge is -2.37. The van der Waals surface area contributed by atoms with Gasteiger partial charge in [0.1, 0.15) is 5.82 Å². The van der Waals surface area contributed by atoms with Crippen molar-refractivity contribution in [1.82, 2.24) is 0 Å². The SMILES string of the molecule is CCC(=O)N1c2ccccc2NC2=C(C(=O)CC(C)(C)C2)[C@@H]1c1c(F)cccc1Cl. The molecule has 0 bridgehead atoms. The molecule has 0 fully saturated rings. The molecule has 1 N–H and O–H groups in total. The van der Waals surface area contributed by atoms with Crippen LogP contribution in [0.25, 0.3) is 0 Å². The Morgan fingerprint density at radius 1 is 1.20 bits per heavy atom. The van der Waals surface area contributed by atoms with Crippen molar-refractivity contribution in [3.05, 3.63) is 70.1 Å². The van der Waals surface area contributed by atoms with Crippen LogP contribution in [0.15, 0.2) is 53.7 Å². The van der Waals surface area contributed by atoms with Crippen molar-refractivity contribution < 1.29 is 14.0 Å².